The van der Waals surface area contributed by atoms with Crippen molar-refractivity contribution in [3.8, 4) is 0 Å². The highest BCUT2D eigenvalue weighted by Gasteiger charge is 2.21. The summed E-state index contributed by atoms with van der Waals surface area (Å²) < 4.78 is 29.2. The van der Waals surface area contributed by atoms with Crippen LogP contribution in [0.25, 0.3) is 0 Å². The SMILES string of the molecule is NC[C@@H](NC(=O)NCC(F)F)C(=O)Nc1ccc(N2CCOCC2=O)cc1. The van der Waals surface area contributed by atoms with E-state index < -0.39 is 31.0 Å². The van der Waals surface area contributed by atoms with Crippen LogP contribution in [0.3, 0.4) is 0 Å². The van der Waals surface area contributed by atoms with Gasteiger partial charge < -0.3 is 31.3 Å². The average Bonchev–Trinajstić information content (AvgIpc) is 2.65. The molecule has 0 aliphatic carbocycles. The number of carbonyl (C=O) groups is 3. The molecule has 0 radical (unpaired) electrons. The van der Waals surface area contributed by atoms with E-state index in [1.54, 1.807) is 29.2 Å². The number of halogens is 2. The zero-order valence-corrected chi connectivity index (χ0v) is 14.4. The Balaban J connectivity index is 1.91. The average molecular weight is 385 g/mol. The quantitative estimate of drug-likeness (QED) is 0.521. The fraction of sp³-hybridized carbons (Fsp3) is 0.438. The van der Waals surface area contributed by atoms with Gasteiger partial charge in [0.2, 0.25) is 5.91 Å². The Morgan fingerprint density at radius 1 is 1.26 bits per heavy atom. The van der Waals surface area contributed by atoms with Crippen LogP contribution in [-0.4, -0.2) is 63.2 Å². The molecule has 11 heteroatoms. The lowest BCUT2D eigenvalue weighted by Crippen LogP contribution is -2.52. The molecule has 0 bridgehead atoms. The molecule has 148 valence electrons. The number of urea groups is 1. The minimum absolute atomic E-state index is 0.0238. The number of alkyl halides is 2. The molecular formula is C16H21F2N5O4. The molecule has 1 aliphatic rings. The van der Waals surface area contributed by atoms with Gasteiger partial charge in [0.25, 0.3) is 12.3 Å². The van der Waals surface area contributed by atoms with Crippen molar-refractivity contribution in [2.24, 2.45) is 5.73 Å². The van der Waals surface area contributed by atoms with Gasteiger partial charge in [-0.15, -0.1) is 0 Å². The van der Waals surface area contributed by atoms with Gasteiger partial charge in [-0.1, -0.05) is 0 Å². The van der Waals surface area contributed by atoms with E-state index in [9.17, 15) is 23.2 Å². The van der Waals surface area contributed by atoms with Crippen LogP contribution in [0, 0.1) is 0 Å². The van der Waals surface area contributed by atoms with E-state index in [2.05, 4.69) is 10.6 Å². The number of carbonyl (C=O) groups excluding carboxylic acids is 3. The molecule has 27 heavy (non-hydrogen) atoms. The molecule has 0 saturated carbocycles. The van der Waals surface area contributed by atoms with E-state index in [1.807, 2.05) is 5.32 Å². The molecule has 1 atom stereocenters. The predicted octanol–water partition coefficient (Wildman–Crippen LogP) is -0.120. The van der Waals surface area contributed by atoms with Crippen molar-refractivity contribution in [3.05, 3.63) is 24.3 Å². The molecule has 1 aromatic carbocycles. The van der Waals surface area contributed by atoms with Gasteiger partial charge in [0.05, 0.1) is 13.2 Å². The highest BCUT2D eigenvalue weighted by molar-refractivity contribution is 5.98. The van der Waals surface area contributed by atoms with Crippen LogP contribution in [0.2, 0.25) is 0 Å². The molecule has 0 unspecified atom stereocenters. The maximum Gasteiger partial charge on any atom is 0.315 e. The maximum absolute atomic E-state index is 12.2. The van der Waals surface area contributed by atoms with Crippen molar-refractivity contribution < 1.29 is 27.9 Å². The summed E-state index contributed by atoms with van der Waals surface area (Å²) in [6, 6.07) is 4.52. The lowest BCUT2D eigenvalue weighted by molar-refractivity contribution is -0.125. The van der Waals surface area contributed by atoms with Crippen LogP contribution in [0.1, 0.15) is 0 Å². The first-order valence-electron chi connectivity index (χ1n) is 8.22. The molecular weight excluding hydrogens is 364 g/mol. The second kappa shape index (κ2) is 9.78. The summed E-state index contributed by atoms with van der Waals surface area (Å²) in [5.74, 6) is -0.750. The smallest absolute Gasteiger partial charge is 0.315 e. The standard InChI is InChI=1S/C16H21F2N5O4/c17-13(18)8-20-16(26)22-12(7-19)15(25)21-10-1-3-11(4-2-10)23-5-6-27-9-14(23)24/h1-4,12-13H,5-9,19H2,(H,21,25)(H2,20,22,26)/t12-/m1/s1. The third-order valence-electron chi connectivity index (χ3n) is 3.71. The number of rotatable bonds is 7. The largest absolute Gasteiger partial charge is 0.370 e. The molecule has 0 aromatic heterocycles. The highest BCUT2D eigenvalue weighted by atomic mass is 19.3. The molecule has 2 rings (SSSR count). The first-order valence-corrected chi connectivity index (χ1v) is 8.22. The zero-order valence-electron chi connectivity index (χ0n) is 14.4. The number of morpholine rings is 1. The number of nitrogens with zero attached hydrogens (tertiary/aromatic N) is 1. The van der Waals surface area contributed by atoms with Crippen LogP contribution < -0.4 is 26.6 Å². The number of nitrogens with two attached hydrogens (primary N) is 1. The molecule has 9 nitrogen and oxygen atoms in total. The van der Waals surface area contributed by atoms with Gasteiger partial charge in [0.15, 0.2) is 0 Å². The van der Waals surface area contributed by atoms with E-state index in [0.29, 0.717) is 24.5 Å². The lowest BCUT2D eigenvalue weighted by atomic mass is 10.2. The van der Waals surface area contributed by atoms with Gasteiger partial charge in [0.1, 0.15) is 12.6 Å². The van der Waals surface area contributed by atoms with Crippen molar-refractivity contribution in [1.82, 2.24) is 10.6 Å². The maximum atomic E-state index is 12.2. The monoisotopic (exact) mass is 385 g/mol. The normalized spacial score (nSPS) is 15.4. The van der Waals surface area contributed by atoms with E-state index in [4.69, 9.17) is 10.5 Å². The van der Waals surface area contributed by atoms with Gasteiger partial charge in [-0.05, 0) is 24.3 Å². The molecule has 1 saturated heterocycles. The summed E-state index contributed by atoms with van der Waals surface area (Å²) in [4.78, 5) is 37.1. The first kappa shape index (κ1) is 20.5. The number of nitrogens with one attached hydrogen (secondary N) is 3. The van der Waals surface area contributed by atoms with Gasteiger partial charge in [-0.2, -0.15) is 0 Å². The Hall–Kier alpha value is -2.79. The van der Waals surface area contributed by atoms with Gasteiger partial charge >= 0.3 is 6.03 Å². The minimum atomic E-state index is -2.70. The number of benzene rings is 1. The second-order valence-corrected chi connectivity index (χ2v) is 5.67. The number of hydrogen-bond donors (Lipinski definition) is 4. The number of anilines is 2. The Morgan fingerprint density at radius 3 is 2.56 bits per heavy atom. The molecule has 1 fully saturated rings. The fourth-order valence-electron chi connectivity index (χ4n) is 2.36. The second-order valence-electron chi connectivity index (χ2n) is 5.67. The van der Waals surface area contributed by atoms with Crippen molar-refractivity contribution >= 4 is 29.2 Å². The lowest BCUT2D eigenvalue weighted by Gasteiger charge is -2.27. The Kier molecular flexibility index (Phi) is 7.44. The summed E-state index contributed by atoms with van der Waals surface area (Å²) >= 11 is 0. The third kappa shape index (κ3) is 6.15. The Labute approximate surface area is 154 Å². The Morgan fingerprint density at radius 2 is 1.96 bits per heavy atom. The topological polar surface area (TPSA) is 126 Å². The summed E-state index contributed by atoms with van der Waals surface area (Å²) in [6.45, 7) is -0.129. The van der Waals surface area contributed by atoms with Crippen LogP contribution in [0.5, 0.6) is 0 Å². The van der Waals surface area contributed by atoms with E-state index in [1.165, 1.54) is 0 Å². The molecule has 1 aromatic rings. The minimum Gasteiger partial charge on any atom is -0.370 e. The third-order valence-corrected chi connectivity index (χ3v) is 3.71. The number of hydrogen-bond acceptors (Lipinski definition) is 5. The van der Waals surface area contributed by atoms with Crippen molar-refractivity contribution in [2.75, 3.05) is 43.1 Å². The summed E-state index contributed by atoms with van der Waals surface area (Å²) in [5.41, 5.74) is 6.56. The van der Waals surface area contributed by atoms with Crippen molar-refractivity contribution in [2.45, 2.75) is 12.5 Å². The summed E-state index contributed by atoms with van der Waals surface area (Å²) in [6.07, 6.45) is -2.70. The van der Waals surface area contributed by atoms with Crippen LogP contribution in [0.4, 0.5) is 25.0 Å². The predicted molar refractivity (Wildman–Crippen MR) is 93.6 cm³/mol. The molecule has 5 N–H and O–H groups in total. The summed E-state index contributed by atoms with van der Waals surface area (Å²) in [5, 5.41) is 6.72. The van der Waals surface area contributed by atoms with Crippen molar-refractivity contribution in [1.29, 1.82) is 0 Å². The molecule has 4 amide bonds. The van der Waals surface area contributed by atoms with Crippen molar-refractivity contribution in [3.63, 3.8) is 0 Å². The summed E-state index contributed by atoms with van der Waals surface area (Å²) in [7, 11) is 0. The van der Waals surface area contributed by atoms with Crippen LogP contribution in [0.15, 0.2) is 24.3 Å². The number of ether oxygens (including phenoxy) is 1. The van der Waals surface area contributed by atoms with E-state index in [0.717, 1.165) is 0 Å². The van der Waals surface area contributed by atoms with Crippen LogP contribution >= 0.6 is 0 Å². The van der Waals surface area contributed by atoms with Gasteiger partial charge in [-0.3, -0.25) is 9.59 Å². The fourth-order valence-corrected chi connectivity index (χ4v) is 2.36. The van der Waals surface area contributed by atoms with E-state index >= 15 is 0 Å². The molecule has 1 heterocycles. The van der Waals surface area contributed by atoms with E-state index in [-0.39, 0.29) is 19.1 Å². The molecule has 0 spiro atoms. The van der Waals surface area contributed by atoms with Crippen LogP contribution in [-0.2, 0) is 14.3 Å². The number of amides is 4. The molecule has 1 aliphatic heterocycles. The van der Waals surface area contributed by atoms with Gasteiger partial charge in [-0.25, -0.2) is 13.6 Å². The zero-order chi connectivity index (χ0) is 19.8. The Bertz CT molecular complexity index is 671. The first-order chi connectivity index (χ1) is 12.9. The van der Waals surface area contributed by atoms with Gasteiger partial charge in [0, 0.05) is 24.5 Å². The highest BCUT2D eigenvalue weighted by Crippen LogP contribution is 2.19.